The van der Waals surface area contributed by atoms with Crippen LogP contribution in [0.2, 0.25) is 0 Å². The van der Waals surface area contributed by atoms with Crippen molar-refractivity contribution in [3.63, 3.8) is 0 Å². The maximum absolute atomic E-state index is 12.4. The van der Waals surface area contributed by atoms with Gasteiger partial charge in [-0.1, -0.05) is 0 Å². The molecule has 9 heavy (non-hydrogen) atoms. The number of hydrogen-bond donors (Lipinski definition) is 2. The number of hydrogen-bond acceptors (Lipinski definition) is 2. The largest absolute Gasteiger partial charge is 0.390 e. The Bertz CT molecular complexity index is 87.1. The maximum atomic E-state index is 12.4. The van der Waals surface area contributed by atoms with Crippen LogP contribution in [0.1, 0.15) is 19.3 Å². The molecule has 1 aliphatic rings. The third-order valence-corrected chi connectivity index (χ3v) is 1.74. The van der Waals surface area contributed by atoms with Crippen molar-refractivity contribution in [3.8, 4) is 0 Å². The minimum Gasteiger partial charge on any atom is -0.390 e. The first-order chi connectivity index (χ1) is 4.22. The van der Waals surface area contributed by atoms with Crippen molar-refractivity contribution in [2.45, 2.75) is 37.6 Å². The molecule has 2 nitrogen and oxygen atoms in total. The lowest BCUT2D eigenvalue weighted by Crippen LogP contribution is -2.38. The monoisotopic (exact) mass is 134 g/mol. The molecule has 0 bridgehead atoms. The third kappa shape index (κ3) is 1.40. The number of aliphatic hydroxyl groups excluding tert-OH is 2. The van der Waals surface area contributed by atoms with Crippen molar-refractivity contribution >= 4 is 0 Å². The Morgan fingerprint density at radius 1 is 1.22 bits per heavy atom. The summed E-state index contributed by atoms with van der Waals surface area (Å²) in [6.45, 7) is 0. The highest BCUT2D eigenvalue weighted by Crippen LogP contribution is 2.21. The lowest BCUT2D eigenvalue weighted by Gasteiger charge is -2.25. The standard InChI is InChI=1S/C6H11FO2/c7-4-2-1-3-5(8)6(4)9/h4-6,8-9H,1-3H2/t4-,5-,6+/m1/s1. The Balaban J connectivity index is 2.41. The zero-order valence-corrected chi connectivity index (χ0v) is 5.13. The molecule has 1 fully saturated rings. The van der Waals surface area contributed by atoms with Crippen molar-refractivity contribution < 1.29 is 14.6 Å². The fourth-order valence-corrected chi connectivity index (χ4v) is 1.10. The van der Waals surface area contributed by atoms with E-state index < -0.39 is 18.4 Å². The molecule has 1 rings (SSSR count). The summed E-state index contributed by atoms with van der Waals surface area (Å²) in [5.74, 6) is 0. The van der Waals surface area contributed by atoms with E-state index in [4.69, 9.17) is 10.2 Å². The Morgan fingerprint density at radius 3 is 2.33 bits per heavy atom. The van der Waals surface area contributed by atoms with Crippen LogP contribution in [0.4, 0.5) is 4.39 Å². The second kappa shape index (κ2) is 2.62. The van der Waals surface area contributed by atoms with Gasteiger partial charge in [0.05, 0.1) is 6.10 Å². The molecule has 0 aliphatic heterocycles. The first-order valence-corrected chi connectivity index (χ1v) is 3.22. The molecule has 0 aromatic carbocycles. The molecule has 0 aromatic rings. The van der Waals surface area contributed by atoms with Crippen LogP contribution < -0.4 is 0 Å². The summed E-state index contributed by atoms with van der Waals surface area (Å²) in [6.07, 6.45) is -1.60. The smallest absolute Gasteiger partial charge is 0.128 e. The summed E-state index contributed by atoms with van der Waals surface area (Å²) in [5, 5.41) is 17.7. The zero-order valence-electron chi connectivity index (χ0n) is 5.13. The van der Waals surface area contributed by atoms with Crippen LogP contribution in [0.5, 0.6) is 0 Å². The van der Waals surface area contributed by atoms with E-state index in [2.05, 4.69) is 0 Å². The van der Waals surface area contributed by atoms with Gasteiger partial charge in [0.1, 0.15) is 12.3 Å². The van der Waals surface area contributed by atoms with Crippen LogP contribution in [0.25, 0.3) is 0 Å². The van der Waals surface area contributed by atoms with Crippen LogP contribution in [0.15, 0.2) is 0 Å². The molecule has 0 heterocycles. The molecule has 0 saturated heterocycles. The fourth-order valence-electron chi connectivity index (χ4n) is 1.10. The molecular formula is C6H11FO2. The Labute approximate surface area is 53.3 Å². The molecular weight excluding hydrogens is 123 g/mol. The number of halogens is 1. The van der Waals surface area contributed by atoms with Crippen LogP contribution in [0.3, 0.4) is 0 Å². The normalized spacial score (nSPS) is 45.0. The van der Waals surface area contributed by atoms with Gasteiger partial charge in [0, 0.05) is 0 Å². The minimum absolute atomic E-state index is 0.387. The van der Waals surface area contributed by atoms with Gasteiger partial charge in [-0.3, -0.25) is 0 Å². The molecule has 1 aliphatic carbocycles. The van der Waals surface area contributed by atoms with Crippen LogP contribution >= 0.6 is 0 Å². The Hall–Kier alpha value is -0.150. The van der Waals surface area contributed by atoms with Gasteiger partial charge in [-0.25, -0.2) is 4.39 Å². The van der Waals surface area contributed by atoms with E-state index in [9.17, 15) is 4.39 Å². The highest BCUT2D eigenvalue weighted by Gasteiger charge is 2.29. The molecule has 3 heteroatoms. The molecule has 54 valence electrons. The van der Waals surface area contributed by atoms with Gasteiger partial charge in [0.25, 0.3) is 0 Å². The second-order valence-corrected chi connectivity index (χ2v) is 2.50. The highest BCUT2D eigenvalue weighted by molar-refractivity contribution is 4.80. The molecule has 3 atom stereocenters. The maximum Gasteiger partial charge on any atom is 0.128 e. The Kier molecular flexibility index (Phi) is 2.03. The van der Waals surface area contributed by atoms with Crippen molar-refractivity contribution in [1.29, 1.82) is 0 Å². The van der Waals surface area contributed by atoms with E-state index in [0.717, 1.165) is 0 Å². The van der Waals surface area contributed by atoms with E-state index in [1.54, 1.807) is 0 Å². The van der Waals surface area contributed by atoms with Crippen molar-refractivity contribution in [2.75, 3.05) is 0 Å². The van der Waals surface area contributed by atoms with Gasteiger partial charge in [-0.2, -0.15) is 0 Å². The summed E-state index contributed by atoms with van der Waals surface area (Å²) in [6, 6.07) is 0. The van der Waals surface area contributed by atoms with Gasteiger partial charge < -0.3 is 10.2 Å². The van der Waals surface area contributed by atoms with E-state index in [1.807, 2.05) is 0 Å². The number of aliphatic hydroxyl groups is 2. The van der Waals surface area contributed by atoms with Crippen LogP contribution in [0, 0.1) is 0 Å². The van der Waals surface area contributed by atoms with Gasteiger partial charge in [-0.15, -0.1) is 0 Å². The number of alkyl halides is 1. The summed E-state index contributed by atoms with van der Waals surface area (Å²) in [7, 11) is 0. The lowest BCUT2D eigenvalue weighted by atomic mass is 9.93. The van der Waals surface area contributed by atoms with Crippen LogP contribution in [-0.4, -0.2) is 28.6 Å². The molecule has 0 radical (unpaired) electrons. The quantitative estimate of drug-likeness (QED) is 0.498. The van der Waals surface area contributed by atoms with E-state index in [1.165, 1.54) is 0 Å². The predicted octanol–water partition coefficient (Wildman–Crippen LogP) is 0.230. The number of rotatable bonds is 0. The first kappa shape index (κ1) is 6.96. The summed E-state index contributed by atoms with van der Waals surface area (Å²) in [5.41, 5.74) is 0. The van der Waals surface area contributed by atoms with E-state index in [-0.39, 0.29) is 0 Å². The third-order valence-electron chi connectivity index (χ3n) is 1.74. The molecule has 0 aromatic heterocycles. The average molecular weight is 134 g/mol. The summed E-state index contributed by atoms with van der Waals surface area (Å²) >= 11 is 0. The molecule has 0 amide bonds. The van der Waals surface area contributed by atoms with Crippen molar-refractivity contribution in [2.24, 2.45) is 0 Å². The van der Waals surface area contributed by atoms with Crippen molar-refractivity contribution in [3.05, 3.63) is 0 Å². The van der Waals surface area contributed by atoms with Crippen LogP contribution in [-0.2, 0) is 0 Å². The second-order valence-electron chi connectivity index (χ2n) is 2.50. The van der Waals surface area contributed by atoms with Gasteiger partial charge in [0.2, 0.25) is 0 Å². The first-order valence-electron chi connectivity index (χ1n) is 3.22. The molecule has 0 unspecified atom stereocenters. The SMILES string of the molecule is O[C@@H]1[C@H](O)CCC[C@H]1F. The van der Waals surface area contributed by atoms with Gasteiger partial charge in [0.15, 0.2) is 0 Å². The lowest BCUT2D eigenvalue weighted by molar-refractivity contribution is -0.0549. The van der Waals surface area contributed by atoms with E-state index in [0.29, 0.717) is 19.3 Å². The average Bonchev–Trinajstić information content (AvgIpc) is 1.83. The van der Waals surface area contributed by atoms with Gasteiger partial charge in [-0.05, 0) is 19.3 Å². The summed E-state index contributed by atoms with van der Waals surface area (Å²) < 4.78 is 12.4. The highest BCUT2D eigenvalue weighted by atomic mass is 19.1. The van der Waals surface area contributed by atoms with Crippen molar-refractivity contribution in [1.82, 2.24) is 0 Å². The summed E-state index contributed by atoms with van der Waals surface area (Å²) in [4.78, 5) is 0. The van der Waals surface area contributed by atoms with Gasteiger partial charge >= 0.3 is 0 Å². The molecule has 0 spiro atoms. The molecule has 2 N–H and O–H groups in total. The zero-order chi connectivity index (χ0) is 6.85. The predicted molar refractivity (Wildman–Crippen MR) is 30.8 cm³/mol. The minimum atomic E-state index is -1.21. The Morgan fingerprint density at radius 2 is 1.89 bits per heavy atom. The topological polar surface area (TPSA) is 40.5 Å². The molecule has 1 saturated carbocycles. The van der Waals surface area contributed by atoms with E-state index >= 15 is 0 Å². The fraction of sp³-hybridized carbons (Fsp3) is 1.00.